The quantitative estimate of drug-likeness (QED) is 0.479. The van der Waals surface area contributed by atoms with Crippen molar-refractivity contribution in [1.29, 1.82) is 0 Å². The third kappa shape index (κ3) is 5.31. The van der Waals surface area contributed by atoms with Gasteiger partial charge >= 0.3 is 0 Å². The normalized spacial score (nSPS) is 19.1. The van der Waals surface area contributed by atoms with Crippen LogP contribution in [0.2, 0.25) is 0 Å². The van der Waals surface area contributed by atoms with Crippen LogP contribution in [0.1, 0.15) is 59.0 Å². The van der Waals surface area contributed by atoms with Gasteiger partial charge in [-0.3, -0.25) is 4.79 Å². The molecule has 34 heavy (non-hydrogen) atoms. The summed E-state index contributed by atoms with van der Waals surface area (Å²) in [6, 6.07) is 14.5. The van der Waals surface area contributed by atoms with E-state index in [9.17, 15) is 9.90 Å². The number of ketones is 1. The molecule has 0 spiro atoms. The summed E-state index contributed by atoms with van der Waals surface area (Å²) < 4.78 is 7.79. The monoisotopic (exact) mass is 505 g/mol. The van der Waals surface area contributed by atoms with E-state index in [0.29, 0.717) is 24.4 Å². The average Bonchev–Trinajstić information content (AvgIpc) is 3.18. The molecule has 0 aliphatic carbocycles. The third-order valence-corrected chi connectivity index (χ3v) is 7.00. The van der Waals surface area contributed by atoms with Crippen LogP contribution in [0.25, 0.3) is 11.0 Å². The number of para-hydroxylation sites is 1. The van der Waals surface area contributed by atoms with Crippen LogP contribution in [0.4, 0.5) is 0 Å². The van der Waals surface area contributed by atoms with Crippen LogP contribution in [-0.4, -0.2) is 45.8 Å². The van der Waals surface area contributed by atoms with E-state index in [1.165, 1.54) is 11.1 Å². The van der Waals surface area contributed by atoms with Crippen molar-refractivity contribution < 1.29 is 14.6 Å². The topological polar surface area (TPSA) is 76.4 Å². The molecule has 6 nitrogen and oxygen atoms in total. The van der Waals surface area contributed by atoms with E-state index in [1.54, 1.807) is 0 Å². The first-order chi connectivity index (χ1) is 15.6. The fourth-order valence-electron chi connectivity index (χ4n) is 5.23. The number of benzene rings is 2. The Morgan fingerprint density at radius 3 is 2.65 bits per heavy atom. The predicted molar refractivity (Wildman–Crippen MR) is 138 cm³/mol. The number of hydrogen-bond donors (Lipinski definition) is 2. The van der Waals surface area contributed by atoms with Crippen molar-refractivity contribution in [2.45, 2.75) is 63.8 Å². The lowest BCUT2D eigenvalue weighted by atomic mass is 9.90. The number of Topliss-reactive ketones (excluding diaryl/α,β-unsaturated/α-hetero) is 1. The molecule has 3 aromatic rings. The number of fused-ring (bicyclic) bond motifs is 2. The largest absolute Gasteiger partial charge is 0.391 e. The first-order valence-corrected chi connectivity index (χ1v) is 11.7. The van der Waals surface area contributed by atoms with Gasteiger partial charge in [0.25, 0.3) is 0 Å². The first-order valence-electron chi connectivity index (χ1n) is 11.7. The summed E-state index contributed by atoms with van der Waals surface area (Å²) in [4.78, 5) is 17.9. The molecule has 2 aliphatic rings. The molecule has 3 heterocycles. The van der Waals surface area contributed by atoms with Crippen LogP contribution in [0, 0.1) is 6.92 Å². The number of ether oxygens (including phenoxy) is 1. The lowest BCUT2D eigenvalue weighted by Crippen LogP contribution is -2.44. The molecule has 1 aromatic heterocycles. The number of hydrogen-bond acceptors (Lipinski definition) is 5. The van der Waals surface area contributed by atoms with Crippen molar-refractivity contribution in [3.63, 3.8) is 0 Å². The minimum atomic E-state index is -0.562. The zero-order valence-corrected chi connectivity index (χ0v) is 21.0. The highest BCUT2D eigenvalue weighted by Crippen LogP contribution is 2.30. The van der Waals surface area contributed by atoms with Gasteiger partial charge in [0, 0.05) is 43.8 Å². The summed E-state index contributed by atoms with van der Waals surface area (Å²) in [5, 5.41) is 14.2. The Labute approximate surface area is 212 Å². The van der Waals surface area contributed by atoms with Gasteiger partial charge in [0.15, 0.2) is 5.78 Å². The Morgan fingerprint density at radius 2 is 1.88 bits per heavy atom. The fraction of sp³-hybridized carbons (Fsp3) is 0.462. The number of rotatable bonds is 6. The van der Waals surface area contributed by atoms with Gasteiger partial charge < -0.3 is 19.7 Å². The second-order valence-corrected chi connectivity index (χ2v) is 9.04. The van der Waals surface area contributed by atoms with E-state index in [0.717, 1.165) is 55.9 Å². The lowest BCUT2D eigenvalue weighted by molar-refractivity contribution is 0.0701. The number of carbonyl (C=O) groups excluding carboxylic acids is 1. The summed E-state index contributed by atoms with van der Waals surface area (Å²) in [6.07, 6.45) is 2.91. The number of aryl methyl sites for hydroxylation is 1. The standard InChI is InChI=1S/C26H31N3O3.2ClH/c1-17-28-26-21(7-4-8-23(26)29(17)20-11-13-32-14-12-20)24(30)9-10-25(31)22-15-18-5-2-3-6-19(18)16-27-22;;/h2-8,20,22,25,27,31H,9-16H2,1H3;2*1H/t22-,25+;;/m0../s1. The smallest absolute Gasteiger partial charge is 0.165 e. The average molecular weight is 506 g/mol. The van der Waals surface area contributed by atoms with Gasteiger partial charge in [-0.1, -0.05) is 30.3 Å². The Morgan fingerprint density at radius 1 is 1.15 bits per heavy atom. The Balaban J connectivity index is 0.00000162. The molecule has 2 aliphatic heterocycles. The summed E-state index contributed by atoms with van der Waals surface area (Å²) in [5.74, 6) is 0.986. The molecule has 0 saturated carbocycles. The molecule has 2 aromatic carbocycles. The molecule has 0 bridgehead atoms. The maximum absolute atomic E-state index is 13.1. The SMILES string of the molecule is Cc1nc2c(C(=O)CC[C@@H](O)[C@@H]3Cc4ccccc4CN3)cccc2n1C1CCOCC1.Cl.Cl. The second-order valence-electron chi connectivity index (χ2n) is 9.04. The van der Waals surface area contributed by atoms with Crippen molar-refractivity contribution >= 4 is 41.6 Å². The van der Waals surface area contributed by atoms with E-state index >= 15 is 0 Å². The molecular weight excluding hydrogens is 473 g/mol. The third-order valence-electron chi connectivity index (χ3n) is 7.00. The van der Waals surface area contributed by atoms with E-state index in [1.807, 2.05) is 31.2 Å². The van der Waals surface area contributed by atoms with Gasteiger partial charge in [0.2, 0.25) is 0 Å². The Bertz CT molecular complexity index is 1130. The van der Waals surface area contributed by atoms with Gasteiger partial charge in [0.1, 0.15) is 5.82 Å². The fourth-order valence-corrected chi connectivity index (χ4v) is 5.23. The van der Waals surface area contributed by atoms with E-state index in [2.05, 4.69) is 28.1 Å². The van der Waals surface area contributed by atoms with Crippen LogP contribution < -0.4 is 5.32 Å². The van der Waals surface area contributed by atoms with Crippen molar-refractivity contribution in [2.75, 3.05) is 13.2 Å². The zero-order valence-electron chi connectivity index (χ0n) is 19.4. The molecule has 1 saturated heterocycles. The molecule has 2 atom stereocenters. The highest BCUT2D eigenvalue weighted by atomic mass is 35.5. The lowest BCUT2D eigenvalue weighted by Gasteiger charge is -2.29. The minimum absolute atomic E-state index is 0. The number of aliphatic hydroxyl groups excluding tert-OH is 1. The van der Waals surface area contributed by atoms with Gasteiger partial charge in [-0.15, -0.1) is 24.8 Å². The summed E-state index contributed by atoms with van der Waals surface area (Å²) in [5.41, 5.74) is 5.02. The molecule has 8 heteroatoms. The maximum atomic E-state index is 13.1. The Hall–Kier alpha value is -1.96. The van der Waals surface area contributed by atoms with Gasteiger partial charge in [0.05, 0.1) is 17.1 Å². The first kappa shape index (κ1) is 26.6. The molecule has 2 N–H and O–H groups in total. The zero-order chi connectivity index (χ0) is 22.1. The highest BCUT2D eigenvalue weighted by molar-refractivity contribution is 6.06. The predicted octanol–water partition coefficient (Wildman–Crippen LogP) is 4.58. The van der Waals surface area contributed by atoms with Crippen molar-refractivity contribution in [1.82, 2.24) is 14.9 Å². The van der Waals surface area contributed by atoms with E-state index in [4.69, 9.17) is 9.72 Å². The van der Waals surface area contributed by atoms with Crippen LogP contribution in [0.15, 0.2) is 42.5 Å². The number of halogens is 2. The number of aromatic nitrogens is 2. The van der Waals surface area contributed by atoms with E-state index in [-0.39, 0.29) is 36.6 Å². The number of nitrogens with zero attached hydrogens (tertiary/aromatic N) is 2. The molecule has 184 valence electrons. The van der Waals surface area contributed by atoms with E-state index < -0.39 is 6.10 Å². The molecular formula is C26H33Cl2N3O3. The number of aliphatic hydroxyl groups is 1. The highest BCUT2D eigenvalue weighted by Gasteiger charge is 2.26. The molecule has 1 fully saturated rings. The maximum Gasteiger partial charge on any atom is 0.165 e. The van der Waals surface area contributed by atoms with Crippen molar-refractivity contribution in [3.8, 4) is 0 Å². The summed E-state index contributed by atoms with van der Waals surface area (Å²) in [7, 11) is 0. The van der Waals surface area contributed by atoms with Gasteiger partial charge in [-0.05, 0) is 55.9 Å². The molecule has 0 unspecified atom stereocenters. The minimum Gasteiger partial charge on any atom is -0.391 e. The summed E-state index contributed by atoms with van der Waals surface area (Å²) in [6.45, 7) is 4.30. The van der Waals surface area contributed by atoms with Gasteiger partial charge in [-0.2, -0.15) is 0 Å². The molecule has 0 radical (unpaired) electrons. The van der Waals surface area contributed by atoms with Crippen LogP contribution in [0.5, 0.6) is 0 Å². The van der Waals surface area contributed by atoms with Crippen molar-refractivity contribution in [2.24, 2.45) is 0 Å². The second kappa shape index (κ2) is 11.6. The van der Waals surface area contributed by atoms with Gasteiger partial charge in [-0.25, -0.2) is 4.98 Å². The number of nitrogens with one attached hydrogen (secondary N) is 1. The number of imidazole rings is 1. The molecule has 5 rings (SSSR count). The van der Waals surface area contributed by atoms with Crippen molar-refractivity contribution in [3.05, 3.63) is 65.0 Å². The van der Waals surface area contributed by atoms with Crippen LogP contribution in [0.3, 0.4) is 0 Å². The van der Waals surface area contributed by atoms with Crippen LogP contribution in [-0.2, 0) is 17.7 Å². The Kier molecular flexibility index (Phi) is 9.13. The summed E-state index contributed by atoms with van der Waals surface area (Å²) >= 11 is 0. The number of carbonyl (C=O) groups is 1. The molecule has 0 amide bonds. The van der Waals surface area contributed by atoms with Crippen LogP contribution >= 0.6 is 24.8 Å².